The zero-order chi connectivity index (χ0) is 19.8. The normalized spacial score (nSPS) is 15.9. The van der Waals surface area contributed by atoms with Gasteiger partial charge in [-0.05, 0) is 19.1 Å². The second kappa shape index (κ2) is 9.86. The standard InChI is InChI=1S/C18H27N5O4/c1-14(18(26)27)23(8-7-19-15(2)24)17(25)13-21-9-11-22(12-10-21)16-5-3-4-6-20-16/h3-6,14H,7-13H2,1-2H3,(H,19,24)(H,26,27). The third kappa shape index (κ3) is 6.21. The number of carbonyl (C=O) groups is 3. The summed E-state index contributed by atoms with van der Waals surface area (Å²) >= 11 is 0. The molecule has 1 atom stereocenters. The van der Waals surface area contributed by atoms with Crippen molar-refractivity contribution < 1.29 is 19.5 Å². The second-order valence-electron chi connectivity index (χ2n) is 6.54. The SMILES string of the molecule is CC(=O)NCCN(C(=O)CN1CCN(c2ccccn2)CC1)C(C)C(=O)O. The number of carbonyl (C=O) groups excluding carboxylic acids is 2. The summed E-state index contributed by atoms with van der Waals surface area (Å²) in [6.07, 6.45) is 1.76. The van der Waals surface area contributed by atoms with Crippen LogP contribution in [0.4, 0.5) is 5.82 Å². The molecule has 1 aromatic heterocycles. The minimum absolute atomic E-state index is 0.160. The van der Waals surface area contributed by atoms with Crippen LogP contribution in [0.1, 0.15) is 13.8 Å². The van der Waals surface area contributed by atoms with Crippen LogP contribution in [0.25, 0.3) is 0 Å². The Kier molecular flexibility index (Phi) is 7.54. The van der Waals surface area contributed by atoms with Crippen LogP contribution in [0.5, 0.6) is 0 Å². The average Bonchev–Trinajstić information content (AvgIpc) is 2.65. The number of hydrogen-bond donors (Lipinski definition) is 2. The number of nitrogens with one attached hydrogen (secondary N) is 1. The first-order valence-corrected chi connectivity index (χ1v) is 9.03. The van der Waals surface area contributed by atoms with Crippen molar-refractivity contribution >= 4 is 23.6 Å². The Morgan fingerprint density at radius 3 is 2.52 bits per heavy atom. The maximum Gasteiger partial charge on any atom is 0.326 e. The Balaban J connectivity index is 1.88. The number of hydrogen-bond acceptors (Lipinski definition) is 6. The van der Waals surface area contributed by atoms with Crippen LogP contribution in [0.3, 0.4) is 0 Å². The van der Waals surface area contributed by atoms with Crippen LogP contribution < -0.4 is 10.2 Å². The van der Waals surface area contributed by atoms with Crippen LogP contribution in [0, 0.1) is 0 Å². The third-order valence-electron chi connectivity index (χ3n) is 4.58. The molecular weight excluding hydrogens is 350 g/mol. The van der Waals surface area contributed by atoms with Gasteiger partial charge in [-0.25, -0.2) is 9.78 Å². The van der Waals surface area contributed by atoms with Crippen molar-refractivity contribution in [1.29, 1.82) is 0 Å². The smallest absolute Gasteiger partial charge is 0.326 e. The number of piperazine rings is 1. The van der Waals surface area contributed by atoms with Gasteiger partial charge in [-0.1, -0.05) is 6.07 Å². The van der Waals surface area contributed by atoms with Gasteiger partial charge in [-0.15, -0.1) is 0 Å². The first-order chi connectivity index (χ1) is 12.9. The van der Waals surface area contributed by atoms with Crippen LogP contribution in [0.15, 0.2) is 24.4 Å². The minimum Gasteiger partial charge on any atom is -0.480 e. The highest BCUT2D eigenvalue weighted by atomic mass is 16.4. The zero-order valence-corrected chi connectivity index (χ0v) is 15.8. The maximum atomic E-state index is 12.7. The fraction of sp³-hybridized carbons (Fsp3) is 0.556. The Morgan fingerprint density at radius 2 is 1.96 bits per heavy atom. The average molecular weight is 377 g/mol. The molecule has 1 unspecified atom stereocenters. The van der Waals surface area contributed by atoms with E-state index in [0.717, 1.165) is 18.9 Å². The lowest BCUT2D eigenvalue weighted by atomic mass is 10.2. The fourth-order valence-corrected chi connectivity index (χ4v) is 2.98. The molecule has 9 nitrogen and oxygen atoms in total. The van der Waals surface area contributed by atoms with Crippen molar-refractivity contribution in [3.63, 3.8) is 0 Å². The number of amides is 2. The van der Waals surface area contributed by atoms with Crippen LogP contribution in [-0.2, 0) is 14.4 Å². The molecule has 1 aromatic rings. The van der Waals surface area contributed by atoms with Gasteiger partial charge in [-0.3, -0.25) is 14.5 Å². The molecule has 0 bridgehead atoms. The molecule has 1 aliphatic heterocycles. The fourth-order valence-electron chi connectivity index (χ4n) is 2.98. The van der Waals surface area contributed by atoms with Crippen molar-refractivity contribution in [2.45, 2.75) is 19.9 Å². The molecule has 27 heavy (non-hydrogen) atoms. The molecule has 0 radical (unpaired) electrons. The number of carboxylic acid groups (broad SMARTS) is 1. The summed E-state index contributed by atoms with van der Waals surface area (Å²) in [5.41, 5.74) is 0. The number of anilines is 1. The highest BCUT2D eigenvalue weighted by molar-refractivity contribution is 5.84. The van der Waals surface area contributed by atoms with Gasteiger partial charge in [0.15, 0.2) is 0 Å². The zero-order valence-electron chi connectivity index (χ0n) is 15.8. The molecule has 2 rings (SSSR count). The Morgan fingerprint density at radius 1 is 1.26 bits per heavy atom. The van der Waals surface area contributed by atoms with Gasteiger partial charge >= 0.3 is 5.97 Å². The summed E-state index contributed by atoms with van der Waals surface area (Å²) in [6.45, 7) is 6.32. The molecule has 0 spiro atoms. The van der Waals surface area contributed by atoms with Crippen molar-refractivity contribution in [2.75, 3.05) is 50.7 Å². The van der Waals surface area contributed by atoms with E-state index >= 15 is 0 Å². The van der Waals surface area contributed by atoms with Gasteiger partial charge in [0.05, 0.1) is 6.54 Å². The molecule has 1 fully saturated rings. The lowest BCUT2D eigenvalue weighted by molar-refractivity contribution is -0.149. The summed E-state index contributed by atoms with van der Waals surface area (Å²) in [4.78, 5) is 44.8. The number of carboxylic acids is 1. The quantitative estimate of drug-likeness (QED) is 0.637. The topological polar surface area (TPSA) is 106 Å². The van der Waals surface area contributed by atoms with Crippen molar-refractivity contribution in [3.8, 4) is 0 Å². The molecule has 2 heterocycles. The minimum atomic E-state index is -1.06. The first kappa shape index (κ1) is 20.6. The van der Waals surface area contributed by atoms with E-state index in [4.69, 9.17) is 0 Å². The Labute approximate surface area is 158 Å². The predicted molar refractivity (Wildman–Crippen MR) is 100 cm³/mol. The maximum absolute atomic E-state index is 12.7. The molecule has 9 heteroatoms. The summed E-state index contributed by atoms with van der Waals surface area (Å²) in [6, 6.07) is 4.83. The van der Waals surface area contributed by atoms with E-state index in [2.05, 4.69) is 15.2 Å². The largest absolute Gasteiger partial charge is 0.480 e. The molecule has 2 N–H and O–H groups in total. The first-order valence-electron chi connectivity index (χ1n) is 9.03. The highest BCUT2D eigenvalue weighted by Crippen LogP contribution is 2.13. The van der Waals surface area contributed by atoms with Gasteiger partial charge in [0.1, 0.15) is 11.9 Å². The summed E-state index contributed by atoms with van der Waals surface area (Å²) in [5.74, 6) is -0.608. The molecule has 148 valence electrons. The van der Waals surface area contributed by atoms with Gasteiger partial charge in [0, 0.05) is 52.4 Å². The van der Waals surface area contributed by atoms with E-state index in [9.17, 15) is 19.5 Å². The van der Waals surface area contributed by atoms with Gasteiger partial charge in [0.25, 0.3) is 0 Å². The van der Waals surface area contributed by atoms with E-state index in [1.54, 1.807) is 6.20 Å². The molecular formula is C18H27N5O4. The number of aliphatic carboxylic acids is 1. The Hall–Kier alpha value is -2.68. The number of nitrogens with zero attached hydrogens (tertiary/aromatic N) is 4. The van der Waals surface area contributed by atoms with Crippen LogP contribution in [0.2, 0.25) is 0 Å². The third-order valence-corrected chi connectivity index (χ3v) is 4.58. The van der Waals surface area contributed by atoms with E-state index in [1.165, 1.54) is 18.7 Å². The van der Waals surface area contributed by atoms with Gasteiger partial charge in [-0.2, -0.15) is 0 Å². The number of rotatable bonds is 8. The number of aromatic nitrogens is 1. The summed E-state index contributed by atoms with van der Waals surface area (Å²) in [7, 11) is 0. The van der Waals surface area contributed by atoms with Gasteiger partial charge < -0.3 is 20.2 Å². The molecule has 2 amide bonds. The number of pyridine rings is 1. The van der Waals surface area contributed by atoms with E-state index in [-0.39, 0.29) is 31.4 Å². The Bertz CT molecular complexity index is 646. The van der Waals surface area contributed by atoms with Crippen molar-refractivity contribution in [1.82, 2.24) is 20.1 Å². The van der Waals surface area contributed by atoms with Crippen molar-refractivity contribution in [3.05, 3.63) is 24.4 Å². The molecule has 0 aromatic carbocycles. The van der Waals surface area contributed by atoms with Crippen LogP contribution in [-0.4, -0.2) is 89.5 Å². The monoisotopic (exact) mass is 377 g/mol. The summed E-state index contributed by atoms with van der Waals surface area (Å²) < 4.78 is 0. The van der Waals surface area contributed by atoms with Crippen molar-refractivity contribution in [2.24, 2.45) is 0 Å². The van der Waals surface area contributed by atoms with E-state index < -0.39 is 12.0 Å². The lowest BCUT2D eigenvalue weighted by Gasteiger charge is -2.36. The van der Waals surface area contributed by atoms with Gasteiger partial charge in [0.2, 0.25) is 11.8 Å². The molecule has 0 aliphatic carbocycles. The predicted octanol–water partition coefficient (Wildman–Crippen LogP) is -0.359. The van der Waals surface area contributed by atoms with E-state index in [1.807, 2.05) is 23.1 Å². The molecule has 1 saturated heterocycles. The summed E-state index contributed by atoms with van der Waals surface area (Å²) in [5, 5.41) is 11.9. The molecule has 1 aliphatic rings. The second-order valence-corrected chi connectivity index (χ2v) is 6.54. The lowest BCUT2D eigenvalue weighted by Crippen LogP contribution is -2.53. The highest BCUT2D eigenvalue weighted by Gasteiger charge is 2.28. The van der Waals surface area contributed by atoms with E-state index in [0.29, 0.717) is 13.1 Å². The van der Waals surface area contributed by atoms with Crippen LogP contribution >= 0.6 is 0 Å². The molecule has 0 saturated carbocycles.